The molecule has 4 heteroatoms. The van der Waals surface area contributed by atoms with Gasteiger partial charge >= 0.3 is 0 Å². The highest BCUT2D eigenvalue weighted by atomic mass is 32.2. The van der Waals surface area contributed by atoms with E-state index in [0.29, 0.717) is 0 Å². The topological polar surface area (TPSA) is 34.1 Å². The molecule has 0 fully saturated rings. The predicted molar refractivity (Wildman–Crippen MR) is 79.7 cm³/mol. The van der Waals surface area contributed by atoms with Gasteiger partial charge in [0, 0.05) is 29.9 Å². The van der Waals surface area contributed by atoms with Crippen LogP contribution in [-0.4, -0.2) is 24.4 Å². The molecule has 1 aromatic heterocycles. The van der Waals surface area contributed by atoms with Crippen LogP contribution in [0.1, 0.15) is 5.69 Å². The first-order valence-electron chi connectivity index (χ1n) is 6.26. The van der Waals surface area contributed by atoms with E-state index in [1.165, 1.54) is 4.90 Å². The number of nitrogens with zero attached hydrogens (tertiary/aromatic N) is 1. The lowest BCUT2D eigenvalue weighted by Crippen LogP contribution is -2.17. The van der Waals surface area contributed by atoms with Crippen LogP contribution in [0.5, 0.6) is 5.75 Å². The number of hydrogen-bond donors (Lipinski definition) is 1. The van der Waals surface area contributed by atoms with Crippen molar-refractivity contribution < 1.29 is 4.74 Å². The Hall–Kier alpha value is -1.52. The molecular formula is C15H18N2OS. The summed E-state index contributed by atoms with van der Waals surface area (Å²) in [4.78, 5) is 5.46. The molecule has 0 radical (unpaired) electrons. The first-order chi connectivity index (χ1) is 9.40. The van der Waals surface area contributed by atoms with Gasteiger partial charge in [-0.15, -0.1) is 11.8 Å². The van der Waals surface area contributed by atoms with E-state index in [0.717, 1.165) is 30.3 Å². The molecule has 1 aromatic carbocycles. The third-order valence-corrected chi connectivity index (χ3v) is 3.69. The lowest BCUT2D eigenvalue weighted by molar-refractivity contribution is 0.405. The van der Waals surface area contributed by atoms with Crippen LogP contribution >= 0.6 is 11.8 Å². The zero-order chi connectivity index (χ0) is 13.3. The summed E-state index contributed by atoms with van der Waals surface area (Å²) in [6.45, 7) is 1.76. The SMILES string of the molecule is COc1ccccc1SCCNCc1ccccn1. The van der Waals surface area contributed by atoms with Gasteiger partial charge in [-0.1, -0.05) is 18.2 Å². The third kappa shape index (κ3) is 4.58. The normalized spacial score (nSPS) is 10.4. The van der Waals surface area contributed by atoms with Crippen LogP contribution in [0.25, 0.3) is 0 Å². The number of pyridine rings is 1. The number of para-hydroxylation sites is 1. The van der Waals surface area contributed by atoms with E-state index in [1.807, 2.05) is 42.6 Å². The lowest BCUT2D eigenvalue weighted by Gasteiger charge is -2.08. The van der Waals surface area contributed by atoms with Gasteiger partial charge in [0.15, 0.2) is 0 Å². The van der Waals surface area contributed by atoms with E-state index in [-0.39, 0.29) is 0 Å². The largest absolute Gasteiger partial charge is 0.496 e. The van der Waals surface area contributed by atoms with Gasteiger partial charge in [0.05, 0.1) is 12.8 Å². The quantitative estimate of drug-likeness (QED) is 0.622. The van der Waals surface area contributed by atoms with E-state index >= 15 is 0 Å². The van der Waals surface area contributed by atoms with Crippen molar-refractivity contribution in [2.24, 2.45) is 0 Å². The van der Waals surface area contributed by atoms with Gasteiger partial charge in [-0.2, -0.15) is 0 Å². The van der Waals surface area contributed by atoms with Crippen LogP contribution < -0.4 is 10.1 Å². The van der Waals surface area contributed by atoms with Crippen LogP contribution in [0, 0.1) is 0 Å². The number of hydrogen-bond acceptors (Lipinski definition) is 4. The number of nitrogens with one attached hydrogen (secondary N) is 1. The fourth-order valence-electron chi connectivity index (χ4n) is 1.69. The Bertz CT molecular complexity index is 491. The predicted octanol–water partition coefficient (Wildman–Crippen LogP) is 2.97. The van der Waals surface area contributed by atoms with Gasteiger partial charge in [-0.3, -0.25) is 4.98 Å². The maximum Gasteiger partial charge on any atom is 0.132 e. The maximum atomic E-state index is 5.32. The van der Waals surface area contributed by atoms with E-state index in [2.05, 4.69) is 16.4 Å². The van der Waals surface area contributed by atoms with E-state index < -0.39 is 0 Å². The van der Waals surface area contributed by atoms with Crippen LogP contribution in [0.2, 0.25) is 0 Å². The van der Waals surface area contributed by atoms with E-state index in [1.54, 1.807) is 18.9 Å². The Morgan fingerprint density at radius 2 is 2.00 bits per heavy atom. The van der Waals surface area contributed by atoms with Crippen molar-refractivity contribution >= 4 is 11.8 Å². The average Bonchev–Trinajstić information content (AvgIpc) is 2.48. The number of ether oxygens (including phenoxy) is 1. The highest BCUT2D eigenvalue weighted by molar-refractivity contribution is 7.99. The summed E-state index contributed by atoms with van der Waals surface area (Å²) in [5.74, 6) is 1.95. The Kier molecular flexibility index (Phi) is 5.72. The summed E-state index contributed by atoms with van der Waals surface area (Å²) in [5, 5.41) is 3.39. The second kappa shape index (κ2) is 7.81. The molecule has 2 rings (SSSR count). The molecule has 1 N–H and O–H groups in total. The highest BCUT2D eigenvalue weighted by Crippen LogP contribution is 2.28. The highest BCUT2D eigenvalue weighted by Gasteiger charge is 2.01. The first-order valence-corrected chi connectivity index (χ1v) is 7.25. The Morgan fingerprint density at radius 3 is 2.79 bits per heavy atom. The molecule has 0 aliphatic heterocycles. The minimum atomic E-state index is 0.813. The zero-order valence-corrected chi connectivity index (χ0v) is 11.8. The number of aromatic nitrogens is 1. The van der Waals surface area contributed by atoms with Crippen molar-refractivity contribution in [3.8, 4) is 5.75 Å². The molecule has 0 saturated heterocycles. The Balaban J connectivity index is 1.69. The molecule has 0 atom stereocenters. The van der Waals surface area contributed by atoms with Crippen molar-refractivity contribution in [2.75, 3.05) is 19.4 Å². The van der Waals surface area contributed by atoms with Crippen molar-refractivity contribution in [3.63, 3.8) is 0 Å². The number of methoxy groups -OCH3 is 1. The standard InChI is InChI=1S/C15H18N2OS/c1-18-14-7-2-3-8-15(14)19-11-10-16-12-13-6-4-5-9-17-13/h2-9,16H,10-12H2,1H3. The van der Waals surface area contributed by atoms with Crippen molar-refractivity contribution in [2.45, 2.75) is 11.4 Å². The minimum Gasteiger partial charge on any atom is -0.496 e. The summed E-state index contributed by atoms with van der Waals surface area (Å²) in [7, 11) is 1.71. The monoisotopic (exact) mass is 274 g/mol. The molecule has 19 heavy (non-hydrogen) atoms. The summed E-state index contributed by atoms with van der Waals surface area (Å²) in [6.07, 6.45) is 1.82. The minimum absolute atomic E-state index is 0.813. The number of benzene rings is 1. The average molecular weight is 274 g/mol. The molecule has 0 aliphatic rings. The molecule has 0 saturated carbocycles. The fraction of sp³-hybridized carbons (Fsp3) is 0.267. The molecule has 1 heterocycles. The molecule has 0 spiro atoms. The van der Waals surface area contributed by atoms with Gasteiger partial charge in [0.1, 0.15) is 5.75 Å². The summed E-state index contributed by atoms with van der Waals surface area (Å²) in [5.41, 5.74) is 1.07. The molecular weight excluding hydrogens is 256 g/mol. The van der Waals surface area contributed by atoms with Gasteiger partial charge in [0.25, 0.3) is 0 Å². The van der Waals surface area contributed by atoms with Gasteiger partial charge in [0.2, 0.25) is 0 Å². The van der Waals surface area contributed by atoms with Gasteiger partial charge < -0.3 is 10.1 Å². The van der Waals surface area contributed by atoms with Crippen LogP contribution in [-0.2, 0) is 6.54 Å². The second-order valence-corrected chi connectivity index (χ2v) is 5.13. The molecule has 0 amide bonds. The smallest absolute Gasteiger partial charge is 0.132 e. The Labute approximate surface area is 118 Å². The van der Waals surface area contributed by atoms with Crippen molar-refractivity contribution in [3.05, 3.63) is 54.4 Å². The zero-order valence-electron chi connectivity index (χ0n) is 11.0. The molecule has 100 valence electrons. The lowest BCUT2D eigenvalue weighted by atomic mass is 10.3. The van der Waals surface area contributed by atoms with Crippen LogP contribution in [0.15, 0.2) is 53.6 Å². The van der Waals surface area contributed by atoms with Crippen LogP contribution in [0.3, 0.4) is 0 Å². The number of thioether (sulfide) groups is 1. The van der Waals surface area contributed by atoms with Gasteiger partial charge in [-0.05, 0) is 24.3 Å². The molecule has 3 nitrogen and oxygen atoms in total. The van der Waals surface area contributed by atoms with Gasteiger partial charge in [-0.25, -0.2) is 0 Å². The van der Waals surface area contributed by atoms with Crippen LogP contribution in [0.4, 0.5) is 0 Å². The molecule has 0 unspecified atom stereocenters. The molecule has 0 bridgehead atoms. The fourth-order valence-corrected chi connectivity index (χ4v) is 2.63. The number of rotatable bonds is 7. The second-order valence-electron chi connectivity index (χ2n) is 4.00. The first kappa shape index (κ1) is 13.9. The van der Waals surface area contributed by atoms with Crippen molar-refractivity contribution in [1.82, 2.24) is 10.3 Å². The Morgan fingerprint density at radius 1 is 1.16 bits per heavy atom. The van der Waals surface area contributed by atoms with E-state index in [4.69, 9.17) is 4.74 Å². The summed E-state index contributed by atoms with van der Waals surface area (Å²) in [6, 6.07) is 14.1. The third-order valence-electron chi connectivity index (χ3n) is 2.64. The maximum absolute atomic E-state index is 5.32. The van der Waals surface area contributed by atoms with E-state index in [9.17, 15) is 0 Å². The summed E-state index contributed by atoms with van der Waals surface area (Å²) >= 11 is 1.80. The van der Waals surface area contributed by atoms with Crippen molar-refractivity contribution in [1.29, 1.82) is 0 Å². The molecule has 2 aromatic rings. The summed E-state index contributed by atoms with van der Waals surface area (Å²) < 4.78 is 5.32. The molecule has 0 aliphatic carbocycles.